The third kappa shape index (κ3) is 2.61. The van der Waals surface area contributed by atoms with Crippen molar-refractivity contribution in [2.75, 3.05) is 11.9 Å². The molecule has 0 spiro atoms. The minimum absolute atomic E-state index is 0.203. The van der Waals surface area contributed by atoms with Gasteiger partial charge in [0.1, 0.15) is 0 Å². The van der Waals surface area contributed by atoms with Gasteiger partial charge < -0.3 is 10.4 Å². The molecule has 0 aromatic carbocycles. The number of aromatic nitrogens is 2. The molecule has 0 aliphatic heterocycles. The normalized spacial score (nSPS) is 25.3. The molecule has 5 nitrogen and oxygen atoms in total. The van der Waals surface area contributed by atoms with Crippen LogP contribution in [0.1, 0.15) is 25.7 Å². The molecular formula is C11H17N3O2. The summed E-state index contributed by atoms with van der Waals surface area (Å²) < 4.78 is 0. The first-order chi connectivity index (χ1) is 7.79. The highest BCUT2D eigenvalue weighted by molar-refractivity contribution is 5.40. The summed E-state index contributed by atoms with van der Waals surface area (Å²) in [6.45, 7) is 0.203. The summed E-state index contributed by atoms with van der Waals surface area (Å²) in [5.74, 6) is 0.285. The summed E-state index contributed by atoms with van der Waals surface area (Å²) in [5, 5.41) is 18.6. The second-order valence-corrected chi connectivity index (χ2v) is 4.31. The summed E-state index contributed by atoms with van der Waals surface area (Å²) in [5.41, 5.74) is 0.524. The van der Waals surface area contributed by atoms with Crippen molar-refractivity contribution in [3.05, 3.63) is 22.6 Å². The number of hydrogen-bond donors (Lipinski definition) is 3. The van der Waals surface area contributed by atoms with E-state index in [9.17, 15) is 9.90 Å². The van der Waals surface area contributed by atoms with Gasteiger partial charge in [0.05, 0.1) is 11.9 Å². The first-order valence-electron chi connectivity index (χ1n) is 5.71. The molecule has 1 heterocycles. The zero-order chi connectivity index (χ0) is 11.4. The summed E-state index contributed by atoms with van der Waals surface area (Å²) >= 11 is 0. The molecule has 1 aliphatic carbocycles. The van der Waals surface area contributed by atoms with E-state index in [1.165, 1.54) is 18.9 Å². The Labute approximate surface area is 93.9 Å². The van der Waals surface area contributed by atoms with Gasteiger partial charge in [-0.2, -0.15) is 5.10 Å². The molecule has 88 valence electrons. The lowest BCUT2D eigenvalue weighted by Crippen LogP contribution is -2.34. The van der Waals surface area contributed by atoms with Crippen molar-refractivity contribution < 1.29 is 5.11 Å². The van der Waals surface area contributed by atoms with Crippen LogP contribution in [-0.4, -0.2) is 28.0 Å². The van der Waals surface area contributed by atoms with E-state index in [0.29, 0.717) is 0 Å². The predicted octanol–water partition coefficient (Wildman–Crippen LogP) is 0.733. The Bertz CT molecular complexity index is 391. The Hall–Kier alpha value is -1.36. The number of aliphatic hydroxyl groups is 1. The summed E-state index contributed by atoms with van der Waals surface area (Å²) in [7, 11) is 0. The fourth-order valence-corrected chi connectivity index (χ4v) is 2.29. The Morgan fingerprint density at radius 2 is 2.31 bits per heavy atom. The van der Waals surface area contributed by atoms with Crippen molar-refractivity contribution in [2.24, 2.45) is 5.92 Å². The van der Waals surface area contributed by atoms with Gasteiger partial charge in [-0.3, -0.25) is 4.79 Å². The van der Waals surface area contributed by atoms with Gasteiger partial charge in [-0.15, -0.1) is 0 Å². The standard InChI is InChI=1S/C11H17N3O2/c15-7-8-3-1-2-4-10(8)13-9-5-11(16)14-12-6-9/h5-6,8,10,15H,1-4,7H2,(H2,13,14,16). The number of anilines is 1. The highest BCUT2D eigenvalue weighted by atomic mass is 16.3. The van der Waals surface area contributed by atoms with E-state index in [-0.39, 0.29) is 24.1 Å². The molecule has 0 saturated heterocycles. The lowest BCUT2D eigenvalue weighted by molar-refractivity contribution is 0.178. The summed E-state index contributed by atoms with van der Waals surface area (Å²) in [4.78, 5) is 11.1. The zero-order valence-corrected chi connectivity index (χ0v) is 9.15. The van der Waals surface area contributed by atoms with Crippen LogP contribution < -0.4 is 10.9 Å². The van der Waals surface area contributed by atoms with Gasteiger partial charge in [0.15, 0.2) is 0 Å². The maximum atomic E-state index is 11.1. The number of hydrogen-bond acceptors (Lipinski definition) is 4. The van der Waals surface area contributed by atoms with Crippen molar-refractivity contribution in [2.45, 2.75) is 31.7 Å². The second-order valence-electron chi connectivity index (χ2n) is 4.31. The summed E-state index contributed by atoms with van der Waals surface area (Å²) in [6.07, 6.45) is 6.04. The van der Waals surface area contributed by atoms with Gasteiger partial charge in [-0.25, -0.2) is 5.10 Å². The van der Waals surface area contributed by atoms with E-state index in [0.717, 1.165) is 18.5 Å². The third-order valence-electron chi connectivity index (χ3n) is 3.16. The van der Waals surface area contributed by atoms with Crippen LogP contribution in [0.4, 0.5) is 5.69 Å². The van der Waals surface area contributed by atoms with Crippen LogP contribution in [0.25, 0.3) is 0 Å². The SMILES string of the molecule is O=c1cc(NC2CCCCC2CO)cn[nH]1. The average Bonchev–Trinajstić information content (AvgIpc) is 2.30. The van der Waals surface area contributed by atoms with E-state index in [1.54, 1.807) is 6.20 Å². The van der Waals surface area contributed by atoms with Gasteiger partial charge in [-0.1, -0.05) is 12.8 Å². The molecule has 5 heteroatoms. The lowest BCUT2D eigenvalue weighted by atomic mass is 9.85. The fraction of sp³-hybridized carbons (Fsp3) is 0.636. The van der Waals surface area contributed by atoms with Gasteiger partial charge in [-0.05, 0) is 12.8 Å². The topological polar surface area (TPSA) is 78.0 Å². The molecule has 1 saturated carbocycles. The number of aliphatic hydroxyl groups excluding tert-OH is 1. The van der Waals surface area contributed by atoms with E-state index >= 15 is 0 Å². The molecular weight excluding hydrogens is 206 g/mol. The fourth-order valence-electron chi connectivity index (χ4n) is 2.29. The van der Waals surface area contributed by atoms with Gasteiger partial charge in [0.2, 0.25) is 0 Å². The predicted molar refractivity (Wildman–Crippen MR) is 61.3 cm³/mol. The number of rotatable bonds is 3. The Morgan fingerprint density at radius 1 is 1.50 bits per heavy atom. The Balaban J connectivity index is 2.05. The van der Waals surface area contributed by atoms with Crippen molar-refractivity contribution >= 4 is 5.69 Å². The first-order valence-corrected chi connectivity index (χ1v) is 5.71. The zero-order valence-electron chi connectivity index (χ0n) is 9.15. The molecule has 2 unspecified atom stereocenters. The maximum Gasteiger partial charge on any atom is 0.266 e. The van der Waals surface area contributed by atoms with E-state index in [2.05, 4.69) is 15.5 Å². The minimum Gasteiger partial charge on any atom is -0.396 e. The largest absolute Gasteiger partial charge is 0.396 e. The van der Waals surface area contributed by atoms with Crippen LogP contribution in [-0.2, 0) is 0 Å². The summed E-state index contributed by atoms with van der Waals surface area (Å²) in [6, 6.07) is 1.75. The van der Waals surface area contributed by atoms with Crippen molar-refractivity contribution in [3.63, 3.8) is 0 Å². The monoisotopic (exact) mass is 223 g/mol. The molecule has 3 N–H and O–H groups in total. The first kappa shape index (κ1) is 11.1. The molecule has 0 bridgehead atoms. The van der Waals surface area contributed by atoms with Crippen molar-refractivity contribution in [1.29, 1.82) is 0 Å². The van der Waals surface area contributed by atoms with E-state index < -0.39 is 0 Å². The molecule has 1 aromatic heterocycles. The lowest BCUT2D eigenvalue weighted by Gasteiger charge is -2.31. The van der Waals surface area contributed by atoms with Crippen LogP contribution in [0.5, 0.6) is 0 Å². The molecule has 0 amide bonds. The molecule has 2 atom stereocenters. The van der Waals surface area contributed by atoms with Crippen LogP contribution in [0.3, 0.4) is 0 Å². The molecule has 16 heavy (non-hydrogen) atoms. The number of nitrogens with zero attached hydrogens (tertiary/aromatic N) is 1. The van der Waals surface area contributed by atoms with Crippen molar-refractivity contribution in [1.82, 2.24) is 10.2 Å². The Morgan fingerprint density at radius 3 is 3.06 bits per heavy atom. The highest BCUT2D eigenvalue weighted by Crippen LogP contribution is 2.26. The van der Waals surface area contributed by atoms with E-state index in [1.807, 2.05) is 0 Å². The van der Waals surface area contributed by atoms with Gasteiger partial charge in [0.25, 0.3) is 5.56 Å². The molecule has 1 aliphatic rings. The third-order valence-corrected chi connectivity index (χ3v) is 3.16. The average molecular weight is 223 g/mol. The van der Waals surface area contributed by atoms with Crippen LogP contribution >= 0.6 is 0 Å². The second kappa shape index (κ2) is 5.12. The van der Waals surface area contributed by atoms with Crippen LogP contribution in [0.2, 0.25) is 0 Å². The van der Waals surface area contributed by atoms with Crippen molar-refractivity contribution in [3.8, 4) is 0 Å². The minimum atomic E-state index is -0.207. The van der Waals surface area contributed by atoms with Gasteiger partial charge >= 0.3 is 0 Å². The van der Waals surface area contributed by atoms with Crippen LogP contribution in [0, 0.1) is 5.92 Å². The maximum absolute atomic E-state index is 11.1. The highest BCUT2D eigenvalue weighted by Gasteiger charge is 2.24. The molecule has 1 fully saturated rings. The molecule has 2 rings (SSSR count). The quantitative estimate of drug-likeness (QED) is 0.706. The smallest absolute Gasteiger partial charge is 0.266 e. The van der Waals surface area contributed by atoms with Gasteiger partial charge in [0, 0.05) is 24.6 Å². The molecule has 1 aromatic rings. The number of nitrogens with one attached hydrogen (secondary N) is 2. The van der Waals surface area contributed by atoms with Crippen LogP contribution in [0.15, 0.2) is 17.1 Å². The number of aromatic amines is 1. The Kier molecular flexibility index (Phi) is 3.56. The molecule has 0 radical (unpaired) electrons. The van der Waals surface area contributed by atoms with E-state index in [4.69, 9.17) is 0 Å². The number of H-pyrrole nitrogens is 1.